The Labute approximate surface area is 170 Å². The number of hydrogen-bond acceptors (Lipinski definition) is 3. The van der Waals surface area contributed by atoms with Gasteiger partial charge >= 0.3 is 6.00 Å². The zero-order chi connectivity index (χ0) is 18.6. The molecule has 0 saturated heterocycles. The van der Waals surface area contributed by atoms with Gasteiger partial charge < -0.3 is 14.2 Å². The first-order valence-electron chi connectivity index (χ1n) is 9.77. The SMILES string of the molecule is COCOCCCCCOCCCCCCCCCCC[Si](Cl)(Cl)Cl. The second kappa shape index (κ2) is 19.7. The van der Waals surface area contributed by atoms with Crippen molar-refractivity contribution in [2.75, 3.05) is 33.7 Å². The van der Waals surface area contributed by atoms with E-state index in [1.54, 1.807) is 7.11 Å². The smallest absolute Gasteiger partial charge is 0.341 e. The molecule has 0 amide bonds. The summed E-state index contributed by atoms with van der Waals surface area (Å²) in [6, 6.07) is -1.57. The predicted octanol–water partition coefficient (Wildman–Crippen LogP) is 6.96. The van der Waals surface area contributed by atoms with Crippen molar-refractivity contribution in [1.82, 2.24) is 0 Å². The lowest BCUT2D eigenvalue weighted by Crippen LogP contribution is -2.07. The van der Waals surface area contributed by atoms with Crippen LogP contribution in [0.25, 0.3) is 0 Å². The van der Waals surface area contributed by atoms with Gasteiger partial charge in [-0.1, -0.05) is 51.4 Å². The Balaban J connectivity index is 3.01. The molecule has 7 heteroatoms. The molecule has 0 heterocycles. The van der Waals surface area contributed by atoms with E-state index in [1.165, 1.54) is 51.4 Å². The lowest BCUT2D eigenvalue weighted by molar-refractivity contribution is -0.0318. The Hall–Kier alpha value is 0.967. The highest BCUT2D eigenvalue weighted by Crippen LogP contribution is 2.27. The van der Waals surface area contributed by atoms with Crippen molar-refractivity contribution in [2.24, 2.45) is 0 Å². The third-order valence-electron chi connectivity index (χ3n) is 4.03. The second-order valence-corrected chi connectivity index (χ2v) is 15.8. The van der Waals surface area contributed by atoms with Gasteiger partial charge in [-0.25, -0.2) is 0 Å². The molecule has 0 saturated carbocycles. The fourth-order valence-electron chi connectivity index (χ4n) is 2.60. The van der Waals surface area contributed by atoms with Crippen LogP contribution in [-0.2, 0) is 14.2 Å². The molecule has 0 aromatic rings. The van der Waals surface area contributed by atoms with E-state index in [4.69, 9.17) is 47.4 Å². The van der Waals surface area contributed by atoms with E-state index in [1.807, 2.05) is 0 Å². The van der Waals surface area contributed by atoms with Gasteiger partial charge in [-0.3, -0.25) is 0 Å². The highest BCUT2D eigenvalue weighted by molar-refractivity contribution is 7.64. The van der Waals surface area contributed by atoms with Gasteiger partial charge in [-0.2, -0.15) is 0 Å². The van der Waals surface area contributed by atoms with Gasteiger partial charge in [0.25, 0.3) is 0 Å². The normalized spacial score (nSPS) is 12.0. The monoisotopic (exact) mass is 434 g/mol. The third-order valence-corrected chi connectivity index (χ3v) is 6.65. The Morgan fingerprint density at radius 1 is 0.560 bits per heavy atom. The van der Waals surface area contributed by atoms with Crippen LogP contribution in [0.4, 0.5) is 0 Å². The molecule has 0 aliphatic heterocycles. The maximum Gasteiger partial charge on any atom is 0.341 e. The van der Waals surface area contributed by atoms with Crippen LogP contribution in [0.2, 0.25) is 6.04 Å². The van der Waals surface area contributed by atoms with Crippen LogP contribution in [0.15, 0.2) is 0 Å². The molecule has 0 aromatic heterocycles. The van der Waals surface area contributed by atoms with Crippen molar-refractivity contribution in [3.8, 4) is 0 Å². The molecular weight excluding hydrogens is 399 g/mol. The van der Waals surface area contributed by atoms with E-state index >= 15 is 0 Å². The zero-order valence-electron chi connectivity index (χ0n) is 15.9. The summed E-state index contributed by atoms with van der Waals surface area (Å²) in [6.45, 7) is 2.96. The molecule has 152 valence electrons. The number of hydrogen-bond donors (Lipinski definition) is 0. The van der Waals surface area contributed by atoms with Crippen molar-refractivity contribution in [3.63, 3.8) is 0 Å². The standard InChI is InChI=1S/C18H37Cl3O3Si/c1-22-18-24-16-12-9-11-15-23-14-10-7-5-3-2-4-6-8-13-17-25(19,20)21/h2-18H2,1H3. The van der Waals surface area contributed by atoms with Crippen LogP contribution >= 0.6 is 33.2 Å². The Kier molecular flexibility index (Phi) is 20.5. The third kappa shape index (κ3) is 25.0. The van der Waals surface area contributed by atoms with Gasteiger partial charge in [0, 0.05) is 26.9 Å². The first-order valence-corrected chi connectivity index (χ1v) is 15.0. The van der Waals surface area contributed by atoms with E-state index in [9.17, 15) is 0 Å². The van der Waals surface area contributed by atoms with Crippen LogP contribution < -0.4 is 0 Å². The van der Waals surface area contributed by atoms with Crippen molar-refractivity contribution >= 4 is 39.2 Å². The number of methoxy groups -OCH3 is 1. The van der Waals surface area contributed by atoms with Crippen molar-refractivity contribution in [1.29, 1.82) is 0 Å². The van der Waals surface area contributed by atoms with Crippen molar-refractivity contribution < 1.29 is 14.2 Å². The van der Waals surface area contributed by atoms with Crippen LogP contribution in [-0.4, -0.2) is 39.7 Å². The number of rotatable bonds is 20. The Bertz CT molecular complexity index is 266. The summed E-state index contributed by atoms with van der Waals surface area (Å²) < 4.78 is 15.7. The molecule has 0 aromatic carbocycles. The summed E-state index contributed by atoms with van der Waals surface area (Å²) in [6.07, 6.45) is 14.7. The maximum absolute atomic E-state index is 5.87. The van der Waals surface area contributed by atoms with Gasteiger partial charge in [0.05, 0.1) is 0 Å². The van der Waals surface area contributed by atoms with E-state index in [0.717, 1.165) is 51.5 Å². The first-order chi connectivity index (χ1) is 12.1. The summed E-state index contributed by atoms with van der Waals surface area (Å²) >= 11 is 17.6. The zero-order valence-corrected chi connectivity index (χ0v) is 19.1. The van der Waals surface area contributed by atoms with E-state index in [2.05, 4.69) is 0 Å². The minimum atomic E-state index is -2.37. The molecule has 0 radical (unpaired) electrons. The van der Waals surface area contributed by atoms with Gasteiger partial charge in [-0.15, -0.1) is 33.2 Å². The largest absolute Gasteiger partial charge is 0.381 e. The topological polar surface area (TPSA) is 27.7 Å². The molecule has 0 N–H and O–H groups in total. The quantitative estimate of drug-likeness (QED) is 0.0895. The second-order valence-electron chi connectivity index (χ2n) is 6.53. The molecule has 0 atom stereocenters. The summed E-state index contributed by atoms with van der Waals surface area (Å²) in [5.41, 5.74) is 0. The van der Waals surface area contributed by atoms with E-state index in [0.29, 0.717) is 6.79 Å². The molecule has 0 aliphatic carbocycles. The number of unbranched alkanes of at least 4 members (excludes halogenated alkanes) is 10. The van der Waals surface area contributed by atoms with Gasteiger partial charge in [0.15, 0.2) is 0 Å². The first kappa shape index (κ1) is 26.0. The molecular formula is C18H37Cl3O3Si. The molecule has 0 rings (SSSR count). The molecule has 0 bridgehead atoms. The lowest BCUT2D eigenvalue weighted by atomic mass is 10.1. The van der Waals surface area contributed by atoms with Crippen molar-refractivity contribution in [3.05, 3.63) is 0 Å². The molecule has 0 spiro atoms. The Morgan fingerprint density at radius 3 is 1.44 bits per heavy atom. The average molecular weight is 436 g/mol. The predicted molar refractivity (Wildman–Crippen MR) is 112 cm³/mol. The van der Waals surface area contributed by atoms with Gasteiger partial charge in [0.1, 0.15) is 6.79 Å². The molecule has 3 nitrogen and oxygen atoms in total. The molecule has 0 fully saturated rings. The molecule has 0 aliphatic rings. The molecule has 25 heavy (non-hydrogen) atoms. The summed E-state index contributed by atoms with van der Waals surface area (Å²) in [7, 11) is 1.64. The summed E-state index contributed by atoms with van der Waals surface area (Å²) in [4.78, 5) is 0. The van der Waals surface area contributed by atoms with E-state index < -0.39 is 6.00 Å². The highest BCUT2D eigenvalue weighted by Gasteiger charge is 2.23. The van der Waals surface area contributed by atoms with Crippen LogP contribution in [0, 0.1) is 0 Å². The van der Waals surface area contributed by atoms with Gasteiger partial charge in [0.2, 0.25) is 0 Å². The van der Waals surface area contributed by atoms with Crippen LogP contribution in [0.5, 0.6) is 0 Å². The minimum absolute atomic E-state index is 0.397. The van der Waals surface area contributed by atoms with Crippen molar-refractivity contribution in [2.45, 2.75) is 83.1 Å². The lowest BCUT2D eigenvalue weighted by Gasteiger charge is -2.07. The van der Waals surface area contributed by atoms with E-state index in [-0.39, 0.29) is 0 Å². The molecule has 0 unspecified atom stereocenters. The number of ether oxygens (including phenoxy) is 3. The Morgan fingerprint density at radius 2 is 0.960 bits per heavy atom. The van der Waals surface area contributed by atoms with Crippen LogP contribution in [0.3, 0.4) is 0 Å². The average Bonchev–Trinajstić information content (AvgIpc) is 2.56. The summed E-state index contributed by atoms with van der Waals surface area (Å²) in [5.74, 6) is 0. The fraction of sp³-hybridized carbons (Fsp3) is 1.00. The fourth-order valence-corrected chi connectivity index (χ4v) is 4.45. The van der Waals surface area contributed by atoms with Crippen LogP contribution in [0.1, 0.15) is 77.0 Å². The number of halogens is 3. The highest BCUT2D eigenvalue weighted by atomic mass is 35.8. The van der Waals surface area contributed by atoms with Gasteiger partial charge in [-0.05, 0) is 31.7 Å². The maximum atomic E-state index is 5.87. The minimum Gasteiger partial charge on any atom is -0.381 e. The summed E-state index contributed by atoms with van der Waals surface area (Å²) in [5, 5.41) is 0.